The summed E-state index contributed by atoms with van der Waals surface area (Å²) in [6, 6.07) is 14.5. The quantitative estimate of drug-likeness (QED) is 0.438. The summed E-state index contributed by atoms with van der Waals surface area (Å²) in [7, 11) is 0. The van der Waals surface area contributed by atoms with Gasteiger partial charge >= 0.3 is 0 Å². The van der Waals surface area contributed by atoms with Crippen LogP contribution in [0.4, 0.5) is 4.39 Å². The van der Waals surface area contributed by atoms with Crippen molar-refractivity contribution in [1.29, 1.82) is 0 Å². The van der Waals surface area contributed by atoms with E-state index in [1.807, 2.05) is 41.8 Å². The highest BCUT2D eigenvalue weighted by Crippen LogP contribution is 2.19. The van der Waals surface area contributed by atoms with E-state index in [1.165, 1.54) is 6.07 Å². The van der Waals surface area contributed by atoms with Crippen molar-refractivity contribution in [2.75, 3.05) is 12.4 Å². The average molecular weight is 390 g/mol. The number of hydrogen-bond donors (Lipinski definition) is 1. The number of benzene rings is 2. The fourth-order valence-corrected chi connectivity index (χ4v) is 3.74. The maximum absolute atomic E-state index is 13.2. The van der Waals surface area contributed by atoms with E-state index in [4.69, 9.17) is 17.0 Å². The lowest BCUT2D eigenvalue weighted by Crippen LogP contribution is -2.03. The Balaban J connectivity index is 1.63. The van der Waals surface area contributed by atoms with Crippen molar-refractivity contribution in [2.45, 2.75) is 19.1 Å². The van der Waals surface area contributed by atoms with E-state index in [0.717, 1.165) is 40.8 Å². The van der Waals surface area contributed by atoms with Crippen molar-refractivity contribution in [2.24, 2.45) is 0 Å². The molecular weight excluding hydrogens is 369 g/mol. The van der Waals surface area contributed by atoms with Gasteiger partial charge in [0.05, 0.1) is 6.61 Å². The van der Waals surface area contributed by atoms with Gasteiger partial charge in [0.1, 0.15) is 17.4 Å². The minimum absolute atomic E-state index is 0.195. The van der Waals surface area contributed by atoms with Gasteiger partial charge in [-0.3, -0.25) is 9.67 Å². The van der Waals surface area contributed by atoms with Crippen molar-refractivity contribution in [3.05, 3.63) is 70.5 Å². The largest absolute Gasteiger partial charge is 0.494 e. The molecule has 0 aliphatic heterocycles. The monoisotopic (exact) mass is 389 g/mol. The molecule has 26 heavy (non-hydrogen) atoms. The molecule has 0 amide bonds. The maximum Gasteiger partial charge on any atom is 0.199 e. The van der Waals surface area contributed by atoms with Crippen molar-refractivity contribution >= 4 is 24.0 Å². The van der Waals surface area contributed by atoms with Crippen LogP contribution in [-0.2, 0) is 12.2 Å². The predicted molar refractivity (Wildman–Crippen MR) is 106 cm³/mol. The predicted octanol–water partition coefficient (Wildman–Crippen LogP) is 4.94. The molecule has 1 heterocycles. The molecular formula is C19H20FN3OS2. The van der Waals surface area contributed by atoms with Crippen LogP contribution < -0.4 is 4.74 Å². The lowest BCUT2D eigenvalue weighted by atomic mass is 10.2. The third kappa shape index (κ3) is 4.74. The molecule has 3 rings (SSSR count). The molecule has 0 radical (unpaired) electrons. The Kier molecular flexibility index (Phi) is 6.46. The van der Waals surface area contributed by atoms with Gasteiger partial charge in [-0.25, -0.2) is 4.39 Å². The molecule has 0 bridgehead atoms. The summed E-state index contributed by atoms with van der Waals surface area (Å²) in [6.07, 6.45) is 0.764. The first-order valence-corrected chi connectivity index (χ1v) is 9.95. The molecule has 2 aromatic carbocycles. The first kappa shape index (κ1) is 18.7. The molecule has 4 nitrogen and oxygen atoms in total. The number of nitrogens with zero attached hydrogens (tertiary/aromatic N) is 2. The molecule has 0 fully saturated rings. The lowest BCUT2D eigenvalue weighted by molar-refractivity contribution is 0.340. The Hall–Kier alpha value is -2.12. The van der Waals surface area contributed by atoms with Gasteiger partial charge in [-0.2, -0.15) is 16.9 Å². The number of aromatic amines is 1. The molecule has 0 saturated heterocycles. The van der Waals surface area contributed by atoms with E-state index in [9.17, 15) is 4.39 Å². The molecule has 0 saturated carbocycles. The van der Waals surface area contributed by atoms with Crippen LogP contribution in [0, 0.1) is 10.6 Å². The number of nitrogens with one attached hydrogen (secondary N) is 1. The van der Waals surface area contributed by atoms with Gasteiger partial charge in [-0.05, 0) is 61.1 Å². The molecule has 1 N–H and O–H groups in total. The molecule has 1 aromatic heterocycles. The summed E-state index contributed by atoms with van der Waals surface area (Å²) >= 11 is 7.12. The normalized spacial score (nSPS) is 10.8. The highest BCUT2D eigenvalue weighted by molar-refractivity contribution is 7.98. The molecule has 0 atom stereocenters. The van der Waals surface area contributed by atoms with E-state index < -0.39 is 0 Å². The number of aromatic nitrogens is 3. The first-order valence-electron chi connectivity index (χ1n) is 8.39. The molecule has 0 unspecified atom stereocenters. The van der Waals surface area contributed by atoms with Crippen molar-refractivity contribution in [3.63, 3.8) is 0 Å². The van der Waals surface area contributed by atoms with Crippen LogP contribution in [0.3, 0.4) is 0 Å². The number of rotatable bonds is 8. The Morgan fingerprint density at radius 3 is 2.77 bits per heavy atom. The summed E-state index contributed by atoms with van der Waals surface area (Å²) in [5, 5.41) is 7.22. The van der Waals surface area contributed by atoms with Gasteiger partial charge in [-0.1, -0.05) is 12.1 Å². The smallest absolute Gasteiger partial charge is 0.199 e. The third-order valence-corrected chi connectivity index (χ3v) is 5.08. The zero-order valence-corrected chi connectivity index (χ0v) is 16.1. The molecule has 7 heteroatoms. The number of H-pyrrole nitrogens is 1. The highest BCUT2D eigenvalue weighted by Gasteiger charge is 2.09. The molecule has 0 spiro atoms. The van der Waals surface area contributed by atoms with Crippen molar-refractivity contribution in [1.82, 2.24) is 14.8 Å². The maximum atomic E-state index is 13.2. The van der Waals surface area contributed by atoms with E-state index in [0.29, 0.717) is 11.4 Å². The fourth-order valence-electron chi connectivity index (χ4n) is 2.60. The van der Waals surface area contributed by atoms with Crippen LogP contribution in [0.2, 0.25) is 0 Å². The Morgan fingerprint density at radius 2 is 2.04 bits per heavy atom. The van der Waals surface area contributed by atoms with E-state index in [1.54, 1.807) is 23.9 Å². The first-order chi connectivity index (χ1) is 12.7. The molecule has 0 aliphatic carbocycles. The van der Waals surface area contributed by atoms with Crippen LogP contribution in [0.15, 0.2) is 48.5 Å². The Morgan fingerprint density at radius 1 is 1.23 bits per heavy atom. The van der Waals surface area contributed by atoms with Crippen molar-refractivity contribution < 1.29 is 9.13 Å². The zero-order valence-electron chi connectivity index (χ0n) is 14.4. The second-order valence-electron chi connectivity index (χ2n) is 5.64. The molecule has 136 valence electrons. The minimum atomic E-state index is -0.195. The Bertz CT molecular complexity index is 906. The standard InChI is InChI=1S/C19H20FN3OS2/c1-2-24-17-8-6-16(7-9-17)23-18(21-22-19(23)25)10-11-26-13-14-4-3-5-15(20)12-14/h3-9,12H,2,10-11,13H2,1H3,(H,22,25). The number of aryl methyl sites for hydroxylation is 1. The van der Waals surface area contributed by atoms with E-state index >= 15 is 0 Å². The van der Waals surface area contributed by atoms with Gasteiger partial charge in [-0.15, -0.1) is 0 Å². The number of halogens is 1. The topological polar surface area (TPSA) is 42.8 Å². The second kappa shape index (κ2) is 9.00. The number of ether oxygens (including phenoxy) is 1. The third-order valence-electron chi connectivity index (χ3n) is 3.78. The molecule has 3 aromatic rings. The van der Waals surface area contributed by atoms with E-state index in [-0.39, 0.29) is 5.82 Å². The summed E-state index contributed by atoms with van der Waals surface area (Å²) in [5.74, 6) is 3.16. The summed E-state index contributed by atoms with van der Waals surface area (Å²) < 4.78 is 21.2. The zero-order chi connectivity index (χ0) is 18.4. The number of hydrogen-bond acceptors (Lipinski definition) is 4. The van der Waals surface area contributed by atoms with Gasteiger partial charge in [0.2, 0.25) is 0 Å². The summed E-state index contributed by atoms with van der Waals surface area (Å²) in [6.45, 7) is 2.60. The van der Waals surface area contributed by atoms with Crippen molar-refractivity contribution in [3.8, 4) is 11.4 Å². The van der Waals surface area contributed by atoms with Crippen LogP contribution in [0.25, 0.3) is 5.69 Å². The van der Waals surface area contributed by atoms with Gasteiger partial charge in [0.15, 0.2) is 4.77 Å². The SMILES string of the molecule is CCOc1ccc(-n2c(CCSCc3cccc(F)c3)n[nH]c2=S)cc1. The lowest BCUT2D eigenvalue weighted by Gasteiger charge is -2.08. The van der Waals surface area contributed by atoms with Gasteiger partial charge in [0, 0.05) is 23.6 Å². The number of thioether (sulfide) groups is 1. The summed E-state index contributed by atoms with van der Waals surface area (Å²) in [4.78, 5) is 0. The fraction of sp³-hybridized carbons (Fsp3) is 0.263. The summed E-state index contributed by atoms with van der Waals surface area (Å²) in [5.41, 5.74) is 1.94. The van der Waals surface area contributed by atoms with Crippen LogP contribution in [0.1, 0.15) is 18.3 Å². The van der Waals surface area contributed by atoms with Gasteiger partial charge in [0.25, 0.3) is 0 Å². The van der Waals surface area contributed by atoms with Crippen LogP contribution >= 0.6 is 24.0 Å². The second-order valence-corrected chi connectivity index (χ2v) is 7.13. The molecule has 0 aliphatic rings. The van der Waals surface area contributed by atoms with E-state index in [2.05, 4.69) is 10.2 Å². The van der Waals surface area contributed by atoms with Gasteiger partial charge < -0.3 is 4.74 Å². The highest BCUT2D eigenvalue weighted by atomic mass is 32.2. The average Bonchev–Trinajstić information content (AvgIpc) is 3.00. The minimum Gasteiger partial charge on any atom is -0.494 e. The van der Waals surface area contributed by atoms with Crippen LogP contribution in [-0.4, -0.2) is 27.1 Å². The Labute approximate surface area is 161 Å². The van der Waals surface area contributed by atoms with Crippen LogP contribution in [0.5, 0.6) is 5.75 Å².